The number of aryl methyl sites for hydroxylation is 1. The summed E-state index contributed by atoms with van der Waals surface area (Å²) in [4.78, 5) is 16.0. The Balaban J connectivity index is 1.70. The van der Waals surface area contributed by atoms with Gasteiger partial charge in [-0.2, -0.15) is 0 Å². The lowest BCUT2D eigenvalue weighted by atomic mass is 10.2. The summed E-state index contributed by atoms with van der Waals surface area (Å²) in [5.41, 5.74) is 0.915. The van der Waals surface area contributed by atoms with Crippen molar-refractivity contribution in [2.24, 2.45) is 0 Å². The Morgan fingerprint density at radius 3 is 3.00 bits per heavy atom. The van der Waals surface area contributed by atoms with Crippen LogP contribution in [0.5, 0.6) is 0 Å². The number of hydrogen-bond acceptors (Lipinski definition) is 7. The first-order valence-corrected chi connectivity index (χ1v) is 8.85. The summed E-state index contributed by atoms with van der Waals surface area (Å²) in [6.07, 6.45) is 3.29. The van der Waals surface area contributed by atoms with Gasteiger partial charge in [-0.3, -0.25) is 4.79 Å². The molecule has 23 heavy (non-hydrogen) atoms. The molecular weight excluding hydrogens is 334 g/mol. The molecule has 0 atom stereocenters. The Kier molecular flexibility index (Phi) is 4.77. The molecule has 3 heterocycles. The highest BCUT2D eigenvalue weighted by Crippen LogP contribution is 2.27. The molecule has 0 aromatic carbocycles. The predicted octanol–water partition coefficient (Wildman–Crippen LogP) is 3.05. The standard InChI is InChI=1S/C14H15N5O2S2/c1-3-19-12(10-4-6-21-9(10)2)17-18-14(19)23-8-11(20)16-13-15-5-7-22-13/h4-7H,3,8H2,1-2H3,(H,15,16,20). The van der Waals surface area contributed by atoms with Crippen molar-refractivity contribution in [3.05, 3.63) is 29.7 Å². The van der Waals surface area contributed by atoms with E-state index in [0.717, 1.165) is 17.1 Å². The molecule has 0 bridgehead atoms. The summed E-state index contributed by atoms with van der Waals surface area (Å²) in [5.74, 6) is 1.69. The normalized spacial score (nSPS) is 10.9. The largest absolute Gasteiger partial charge is 0.469 e. The molecule has 120 valence electrons. The molecule has 0 unspecified atom stereocenters. The van der Waals surface area contributed by atoms with E-state index in [2.05, 4.69) is 20.5 Å². The van der Waals surface area contributed by atoms with Crippen LogP contribution in [0, 0.1) is 6.92 Å². The zero-order valence-electron chi connectivity index (χ0n) is 12.6. The van der Waals surface area contributed by atoms with Crippen LogP contribution in [0.15, 0.2) is 33.5 Å². The predicted molar refractivity (Wildman–Crippen MR) is 89.6 cm³/mol. The van der Waals surface area contributed by atoms with Crippen molar-refractivity contribution in [1.82, 2.24) is 19.7 Å². The molecule has 0 aliphatic heterocycles. The molecular formula is C14H15N5O2S2. The molecule has 0 saturated heterocycles. The molecule has 3 rings (SSSR count). The monoisotopic (exact) mass is 349 g/mol. The first kappa shape index (κ1) is 15.8. The molecule has 1 N–H and O–H groups in total. The summed E-state index contributed by atoms with van der Waals surface area (Å²) >= 11 is 2.74. The first-order chi connectivity index (χ1) is 11.2. The van der Waals surface area contributed by atoms with Crippen LogP contribution in [0.3, 0.4) is 0 Å². The van der Waals surface area contributed by atoms with E-state index in [1.54, 1.807) is 12.5 Å². The molecule has 3 aromatic heterocycles. The molecule has 0 aliphatic carbocycles. The summed E-state index contributed by atoms with van der Waals surface area (Å²) in [5, 5.41) is 14.3. The fourth-order valence-corrected chi connectivity index (χ4v) is 3.41. The summed E-state index contributed by atoms with van der Waals surface area (Å²) < 4.78 is 7.30. The number of carbonyl (C=O) groups is 1. The van der Waals surface area contributed by atoms with Crippen LogP contribution in [0.25, 0.3) is 11.4 Å². The van der Waals surface area contributed by atoms with Gasteiger partial charge in [0.2, 0.25) is 5.91 Å². The molecule has 3 aromatic rings. The number of carbonyl (C=O) groups excluding carboxylic acids is 1. The number of thioether (sulfide) groups is 1. The van der Waals surface area contributed by atoms with E-state index in [4.69, 9.17) is 4.42 Å². The molecule has 0 aliphatic rings. The SMILES string of the molecule is CCn1c(SCC(=O)Nc2nccs2)nnc1-c1ccoc1C. The van der Waals surface area contributed by atoms with Crippen LogP contribution in [0.4, 0.5) is 5.13 Å². The van der Waals surface area contributed by atoms with E-state index >= 15 is 0 Å². The van der Waals surface area contributed by atoms with Crippen LogP contribution in [0.1, 0.15) is 12.7 Å². The first-order valence-electron chi connectivity index (χ1n) is 6.99. The van der Waals surface area contributed by atoms with E-state index in [0.29, 0.717) is 16.8 Å². The van der Waals surface area contributed by atoms with E-state index in [-0.39, 0.29) is 11.7 Å². The third-order valence-electron chi connectivity index (χ3n) is 3.14. The maximum absolute atomic E-state index is 11.9. The molecule has 0 saturated carbocycles. The van der Waals surface area contributed by atoms with Gasteiger partial charge in [-0.25, -0.2) is 4.98 Å². The van der Waals surface area contributed by atoms with Crippen LogP contribution < -0.4 is 5.32 Å². The molecule has 7 nitrogen and oxygen atoms in total. The van der Waals surface area contributed by atoms with Crippen LogP contribution in [-0.2, 0) is 11.3 Å². The second kappa shape index (κ2) is 6.97. The Morgan fingerprint density at radius 2 is 2.35 bits per heavy atom. The van der Waals surface area contributed by atoms with Gasteiger partial charge in [-0.05, 0) is 19.9 Å². The number of nitrogens with zero attached hydrogens (tertiary/aromatic N) is 4. The molecule has 0 spiro atoms. The van der Waals surface area contributed by atoms with Crippen molar-refractivity contribution in [2.75, 3.05) is 11.1 Å². The quantitative estimate of drug-likeness (QED) is 0.688. The van der Waals surface area contributed by atoms with Gasteiger partial charge in [-0.15, -0.1) is 21.5 Å². The Hall–Kier alpha value is -2.13. The lowest BCUT2D eigenvalue weighted by Gasteiger charge is -2.06. The van der Waals surface area contributed by atoms with Crippen molar-refractivity contribution < 1.29 is 9.21 Å². The fraction of sp³-hybridized carbons (Fsp3) is 0.286. The van der Waals surface area contributed by atoms with Crippen LogP contribution in [0.2, 0.25) is 0 Å². The molecule has 0 radical (unpaired) electrons. The van der Waals surface area contributed by atoms with Crippen LogP contribution >= 0.6 is 23.1 Å². The number of thiazole rings is 1. The smallest absolute Gasteiger partial charge is 0.236 e. The van der Waals surface area contributed by atoms with E-state index in [1.165, 1.54) is 23.1 Å². The summed E-state index contributed by atoms with van der Waals surface area (Å²) in [7, 11) is 0. The van der Waals surface area contributed by atoms with Crippen molar-refractivity contribution in [2.45, 2.75) is 25.5 Å². The number of anilines is 1. The highest BCUT2D eigenvalue weighted by atomic mass is 32.2. The number of amides is 1. The number of aromatic nitrogens is 4. The third-order valence-corrected chi connectivity index (χ3v) is 4.80. The maximum atomic E-state index is 11.9. The summed E-state index contributed by atoms with van der Waals surface area (Å²) in [6.45, 7) is 4.61. The minimum absolute atomic E-state index is 0.114. The minimum Gasteiger partial charge on any atom is -0.469 e. The van der Waals surface area contributed by atoms with Crippen molar-refractivity contribution in [3.63, 3.8) is 0 Å². The van der Waals surface area contributed by atoms with Crippen molar-refractivity contribution in [1.29, 1.82) is 0 Å². The van der Waals surface area contributed by atoms with Gasteiger partial charge in [0.05, 0.1) is 17.6 Å². The third kappa shape index (κ3) is 3.45. The maximum Gasteiger partial charge on any atom is 0.236 e. The fourth-order valence-electron chi connectivity index (χ4n) is 2.07. The van der Waals surface area contributed by atoms with Gasteiger partial charge in [-0.1, -0.05) is 11.8 Å². The van der Waals surface area contributed by atoms with Crippen molar-refractivity contribution >= 4 is 34.1 Å². The number of furan rings is 1. The van der Waals surface area contributed by atoms with Gasteiger partial charge in [0, 0.05) is 18.1 Å². The second-order valence-electron chi connectivity index (χ2n) is 4.62. The zero-order chi connectivity index (χ0) is 16.2. The Morgan fingerprint density at radius 1 is 1.48 bits per heavy atom. The van der Waals surface area contributed by atoms with Gasteiger partial charge in [0.15, 0.2) is 16.1 Å². The highest BCUT2D eigenvalue weighted by Gasteiger charge is 2.17. The lowest BCUT2D eigenvalue weighted by molar-refractivity contribution is -0.113. The number of nitrogens with one attached hydrogen (secondary N) is 1. The second-order valence-corrected chi connectivity index (χ2v) is 6.45. The van der Waals surface area contributed by atoms with Gasteiger partial charge >= 0.3 is 0 Å². The molecule has 9 heteroatoms. The number of rotatable bonds is 6. The van der Waals surface area contributed by atoms with Gasteiger partial charge in [0.1, 0.15) is 5.76 Å². The minimum atomic E-state index is -0.114. The van der Waals surface area contributed by atoms with Gasteiger partial charge in [0.25, 0.3) is 0 Å². The van der Waals surface area contributed by atoms with E-state index in [1.807, 2.05) is 29.9 Å². The highest BCUT2D eigenvalue weighted by molar-refractivity contribution is 7.99. The van der Waals surface area contributed by atoms with E-state index in [9.17, 15) is 4.79 Å². The van der Waals surface area contributed by atoms with Crippen molar-refractivity contribution in [3.8, 4) is 11.4 Å². The lowest BCUT2D eigenvalue weighted by Crippen LogP contribution is -2.14. The zero-order valence-corrected chi connectivity index (χ0v) is 14.3. The Bertz CT molecular complexity index is 794. The average Bonchev–Trinajstić information content (AvgIpc) is 3.25. The van der Waals surface area contributed by atoms with Gasteiger partial charge < -0.3 is 14.3 Å². The number of hydrogen-bond donors (Lipinski definition) is 1. The van der Waals surface area contributed by atoms with Crippen LogP contribution in [-0.4, -0.2) is 31.4 Å². The molecule has 0 fully saturated rings. The summed E-state index contributed by atoms with van der Waals surface area (Å²) in [6, 6.07) is 1.87. The molecule has 1 amide bonds. The average molecular weight is 349 g/mol. The Labute approximate surface area is 141 Å². The topological polar surface area (TPSA) is 85.8 Å². The van der Waals surface area contributed by atoms with E-state index < -0.39 is 0 Å².